The van der Waals surface area contributed by atoms with E-state index in [0.717, 1.165) is 51.4 Å². The molecule has 0 bridgehead atoms. The van der Waals surface area contributed by atoms with E-state index in [0.29, 0.717) is 12.8 Å². The van der Waals surface area contributed by atoms with Crippen molar-refractivity contribution in [2.75, 3.05) is 13.2 Å². The third-order valence-corrected chi connectivity index (χ3v) is 17.2. The summed E-state index contributed by atoms with van der Waals surface area (Å²) in [6.45, 7) is 3.88. The van der Waals surface area contributed by atoms with E-state index < -0.39 is 49.5 Å². The summed E-state index contributed by atoms with van der Waals surface area (Å²) in [5, 5.41) is 55.0. The highest BCUT2D eigenvalue weighted by atomic mass is 16.7. The first kappa shape index (κ1) is 77.4. The van der Waals surface area contributed by atoms with Crippen molar-refractivity contribution in [3.05, 3.63) is 36.5 Å². The Labute approximate surface area is 501 Å². The second-order valence-electron chi connectivity index (χ2n) is 25.0. The number of aliphatic hydroxyl groups excluding tert-OH is 5. The van der Waals surface area contributed by atoms with E-state index in [1.54, 1.807) is 0 Å². The third-order valence-electron chi connectivity index (χ3n) is 17.2. The van der Waals surface area contributed by atoms with Crippen molar-refractivity contribution in [2.45, 2.75) is 403 Å². The number of rotatable bonds is 63. The first-order valence-corrected chi connectivity index (χ1v) is 35.7. The number of amides is 1. The molecule has 1 rings (SSSR count). The average molecular weight is 1140 g/mol. The first-order chi connectivity index (χ1) is 39.8. The van der Waals surface area contributed by atoms with Crippen LogP contribution < -0.4 is 5.32 Å². The molecule has 1 aliphatic heterocycles. The van der Waals surface area contributed by atoms with Gasteiger partial charge in [-0.3, -0.25) is 4.79 Å². The zero-order chi connectivity index (χ0) is 58.6. The summed E-state index contributed by atoms with van der Waals surface area (Å²) >= 11 is 0. The molecular weight excluding hydrogens is 1010 g/mol. The molecule has 0 aromatic heterocycles. The van der Waals surface area contributed by atoms with E-state index in [4.69, 9.17) is 9.47 Å². The molecule has 9 nitrogen and oxygen atoms in total. The second-order valence-corrected chi connectivity index (χ2v) is 25.0. The molecule has 1 aliphatic rings. The van der Waals surface area contributed by atoms with Crippen LogP contribution in [0.1, 0.15) is 361 Å². The lowest BCUT2D eigenvalue weighted by Gasteiger charge is -2.40. The van der Waals surface area contributed by atoms with Crippen LogP contribution in [0.4, 0.5) is 0 Å². The van der Waals surface area contributed by atoms with Crippen molar-refractivity contribution in [1.29, 1.82) is 0 Å². The lowest BCUT2D eigenvalue weighted by atomic mass is 9.99. The first-order valence-electron chi connectivity index (χ1n) is 35.7. The molecule has 1 amide bonds. The van der Waals surface area contributed by atoms with Gasteiger partial charge in [-0.25, -0.2) is 0 Å². The highest BCUT2D eigenvalue weighted by molar-refractivity contribution is 5.76. The van der Waals surface area contributed by atoms with Gasteiger partial charge in [-0.2, -0.15) is 0 Å². The van der Waals surface area contributed by atoms with Gasteiger partial charge in [0, 0.05) is 6.42 Å². The van der Waals surface area contributed by atoms with Crippen LogP contribution >= 0.6 is 0 Å². The van der Waals surface area contributed by atoms with Crippen LogP contribution in [0.2, 0.25) is 0 Å². The fourth-order valence-electron chi connectivity index (χ4n) is 11.6. The number of carbonyl (C=O) groups excluding carboxylic acids is 1. The molecule has 1 saturated heterocycles. The predicted molar refractivity (Wildman–Crippen MR) is 346 cm³/mol. The molecule has 0 spiro atoms. The second kappa shape index (κ2) is 61.5. The number of carbonyl (C=O) groups is 1. The zero-order valence-corrected chi connectivity index (χ0v) is 53.6. The maximum atomic E-state index is 13.2. The number of aliphatic hydroxyl groups is 5. The van der Waals surface area contributed by atoms with Gasteiger partial charge in [-0.05, 0) is 51.4 Å². The number of hydrogen-bond donors (Lipinski definition) is 6. The topological polar surface area (TPSA) is 149 Å². The van der Waals surface area contributed by atoms with E-state index in [1.165, 1.54) is 283 Å². The molecule has 9 heteroatoms. The van der Waals surface area contributed by atoms with E-state index in [-0.39, 0.29) is 12.5 Å². The minimum atomic E-state index is -1.55. The Hall–Kier alpha value is -1.59. The quantitative estimate of drug-likeness (QED) is 0.0261. The van der Waals surface area contributed by atoms with Gasteiger partial charge in [0.2, 0.25) is 5.91 Å². The maximum absolute atomic E-state index is 13.2. The third kappa shape index (κ3) is 50.3. The van der Waals surface area contributed by atoms with Crippen molar-refractivity contribution in [3.63, 3.8) is 0 Å². The van der Waals surface area contributed by atoms with Gasteiger partial charge >= 0.3 is 0 Å². The Bertz CT molecular complexity index is 1370. The molecule has 81 heavy (non-hydrogen) atoms. The molecule has 0 saturated carbocycles. The monoisotopic (exact) mass is 1140 g/mol. The minimum Gasteiger partial charge on any atom is -0.394 e. The molecule has 0 aromatic carbocycles. The van der Waals surface area contributed by atoms with Crippen LogP contribution in [-0.2, 0) is 14.3 Å². The zero-order valence-electron chi connectivity index (χ0n) is 53.6. The number of nitrogens with one attached hydrogen (secondary N) is 1. The summed E-state index contributed by atoms with van der Waals surface area (Å²) in [5.41, 5.74) is 0. The normalized spacial score (nSPS) is 18.5. The predicted octanol–water partition coefficient (Wildman–Crippen LogP) is 19.4. The van der Waals surface area contributed by atoms with E-state index in [1.807, 2.05) is 0 Å². The molecule has 7 unspecified atom stereocenters. The van der Waals surface area contributed by atoms with Crippen molar-refractivity contribution in [3.8, 4) is 0 Å². The molecule has 478 valence electrons. The number of allylic oxidation sites excluding steroid dienone is 6. The van der Waals surface area contributed by atoms with Crippen LogP contribution in [0.25, 0.3) is 0 Å². The van der Waals surface area contributed by atoms with E-state index in [2.05, 4.69) is 55.6 Å². The highest BCUT2D eigenvalue weighted by Crippen LogP contribution is 2.24. The highest BCUT2D eigenvalue weighted by Gasteiger charge is 2.44. The van der Waals surface area contributed by atoms with Crippen LogP contribution in [0.5, 0.6) is 0 Å². The minimum absolute atomic E-state index is 0.135. The molecule has 7 atom stereocenters. The van der Waals surface area contributed by atoms with Gasteiger partial charge in [-0.1, -0.05) is 339 Å². The van der Waals surface area contributed by atoms with Crippen LogP contribution in [0.3, 0.4) is 0 Å². The van der Waals surface area contributed by atoms with Crippen molar-refractivity contribution in [2.24, 2.45) is 0 Å². The number of hydrogen-bond acceptors (Lipinski definition) is 8. The van der Waals surface area contributed by atoms with Crippen LogP contribution in [0, 0.1) is 0 Å². The van der Waals surface area contributed by atoms with Gasteiger partial charge < -0.3 is 40.3 Å². The van der Waals surface area contributed by atoms with Gasteiger partial charge in [0.1, 0.15) is 24.4 Å². The Morgan fingerprint density at radius 2 is 0.728 bits per heavy atom. The van der Waals surface area contributed by atoms with Gasteiger partial charge in [0.05, 0.1) is 25.4 Å². The van der Waals surface area contributed by atoms with Crippen LogP contribution in [-0.4, -0.2) is 87.5 Å². The summed E-state index contributed by atoms with van der Waals surface area (Å²) in [5.74, 6) is -0.139. The maximum Gasteiger partial charge on any atom is 0.220 e. The number of ether oxygens (including phenoxy) is 2. The van der Waals surface area contributed by atoms with Crippen molar-refractivity contribution < 1.29 is 39.8 Å². The lowest BCUT2D eigenvalue weighted by Crippen LogP contribution is -2.60. The Morgan fingerprint density at radius 3 is 1.07 bits per heavy atom. The summed E-state index contributed by atoms with van der Waals surface area (Å²) in [4.78, 5) is 13.2. The van der Waals surface area contributed by atoms with Gasteiger partial charge in [0.15, 0.2) is 6.29 Å². The van der Waals surface area contributed by atoms with E-state index >= 15 is 0 Å². The fourth-order valence-corrected chi connectivity index (χ4v) is 11.6. The molecule has 0 radical (unpaired) electrons. The Balaban J connectivity index is 2.11. The standard InChI is InChI=1S/C72H137NO8/c1-3-5-7-9-11-13-15-17-19-21-23-25-27-29-31-33-35-37-39-41-43-45-47-49-51-53-55-57-59-61-66(75)65(64-80-72-71(79)70(78)69(77)67(63-74)81-72)73-68(76)62-60-58-56-54-52-50-48-46-44-42-40-38-36-34-32-30-28-26-24-22-20-18-16-14-12-10-8-6-4-2/h16,18,22,24,28,30,65-67,69-72,74-75,77-79H,3-15,17,19-21,23,25-27,29,31-64H2,1-2H3,(H,73,76)/b18-16-,24-22-,30-28-. The molecule has 0 aromatic rings. The largest absolute Gasteiger partial charge is 0.394 e. The average Bonchev–Trinajstić information content (AvgIpc) is 3.51. The molecule has 0 aliphatic carbocycles. The molecule has 1 heterocycles. The summed E-state index contributed by atoms with van der Waals surface area (Å²) in [6, 6.07) is -0.721. The summed E-state index contributed by atoms with van der Waals surface area (Å²) in [7, 11) is 0. The van der Waals surface area contributed by atoms with E-state index in [9.17, 15) is 30.3 Å². The summed E-state index contributed by atoms with van der Waals surface area (Å²) < 4.78 is 11.4. The molecule has 1 fully saturated rings. The Morgan fingerprint density at radius 1 is 0.420 bits per heavy atom. The van der Waals surface area contributed by atoms with Crippen molar-refractivity contribution in [1.82, 2.24) is 5.32 Å². The molecular formula is C72H137NO8. The smallest absolute Gasteiger partial charge is 0.220 e. The van der Waals surface area contributed by atoms with Crippen molar-refractivity contribution >= 4 is 5.91 Å². The molecule has 6 N–H and O–H groups in total. The SMILES string of the molecule is CCCCCCC/C=C\C/C=C\C/C=C\CCCCCCCCCCCCCCCCC(=O)NC(COC1OC(CO)C(O)C(O)C1O)C(O)CCCCCCCCCCCCCCCCCCCCCCCCCCCCCCC. The number of unbranched alkanes of at least 4 members (excludes halogenated alkanes) is 47. The van der Waals surface area contributed by atoms with Gasteiger partial charge in [0.25, 0.3) is 0 Å². The summed E-state index contributed by atoms with van der Waals surface area (Å²) in [6.07, 6.45) is 75.0. The van der Waals surface area contributed by atoms with Crippen LogP contribution in [0.15, 0.2) is 36.5 Å². The lowest BCUT2D eigenvalue weighted by molar-refractivity contribution is -0.302. The fraction of sp³-hybridized carbons (Fsp3) is 0.903. The van der Waals surface area contributed by atoms with Gasteiger partial charge in [-0.15, -0.1) is 0 Å². The Kier molecular flexibility index (Phi) is 58.8.